The van der Waals surface area contributed by atoms with E-state index in [1.807, 2.05) is 37.3 Å². The summed E-state index contributed by atoms with van der Waals surface area (Å²) in [5, 5.41) is 2.69. The van der Waals surface area contributed by atoms with Crippen LogP contribution in [0.25, 0.3) is 0 Å². The second-order valence-electron chi connectivity index (χ2n) is 6.65. The Bertz CT molecular complexity index is 784. The highest BCUT2D eigenvalue weighted by atomic mass is 16.5. The van der Waals surface area contributed by atoms with Crippen LogP contribution in [0.4, 0.5) is 0 Å². The standard InChI is InChI=1S/C20H24N2O4/c1-13-9-17(15(3)25-13)20(24)21-10-19(23)22-11-14(2)26-18(12-22)16-7-5-4-6-8-16/h4-9,14,18H,10-12H2,1-3H3,(H,21,24)/t14-,18-/m0/s1. The van der Waals surface area contributed by atoms with Gasteiger partial charge in [-0.2, -0.15) is 0 Å². The summed E-state index contributed by atoms with van der Waals surface area (Å²) >= 11 is 0. The Morgan fingerprint density at radius 1 is 1.19 bits per heavy atom. The van der Waals surface area contributed by atoms with Crippen LogP contribution in [-0.2, 0) is 9.53 Å². The van der Waals surface area contributed by atoms with Gasteiger partial charge in [-0.15, -0.1) is 0 Å². The molecule has 0 spiro atoms. The lowest BCUT2D eigenvalue weighted by molar-refractivity contribution is -0.143. The molecule has 2 aromatic rings. The molecule has 0 aliphatic carbocycles. The first-order chi connectivity index (χ1) is 12.4. The Kier molecular flexibility index (Phi) is 5.42. The lowest BCUT2D eigenvalue weighted by atomic mass is 10.1. The topological polar surface area (TPSA) is 71.8 Å². The summed E-state index contributed by atoms with van der Waals surface area (Å²) in [4.78, 5) is 26.6. The summed E-state index contributed by atoms with van der Waals surface area (Å²) in [7, 11) is 0. The third-order valence-electron chi connectivity index (χ3n) is 4.47. The molecule has 3 rings (SSSR count). The molecule has 0 unspecified atom stereocenters. The summed E-state index contributed by atoms with van der Waals surface area (Å²) < 4.78 is 11.3. The summed E-state index contributed by atoms with van der Waals surface area (Å²) in [5.41, 5.74) is 1.51. The first kappa shape index (κ1) is 18.2. The Morgan fingerprint density at radius 2 is 1.92 bits per heavy atom. The van der Waals surface area contributed by atoms with Crippen LogP contribution in [0.1, 0.15) is 40.5 Å². The Labute approximate surface area is 153 Å². The van der Waals surface area contributed by atoms with Crippen molar-refractivity contribution in [2.45, 2.75) is 33.0 Å². The van der Waals surface area contributed by atoms with E-state index >= 15 is 0 Å². The summed E-state index contributed by atoms with van der Waals surface area (Å²) in [5.74, 6) is 0.809. The molecule has 26 heavy (non-hydrogen) atoms. The van der Waals surface area contributed by atoms with Crippen molar-refractivity contribution in [2.24, 2.45) is 0 Å². The highest BCUT2D eigenvalue weighted by molar-refractivity contribution is 5.97. The molecule has 2 amide bonds. The van der Waals surface area contributed by atoms with Gasteiger partial charge in [0.25, 0.3) is 5.91 Å². The average molecular weight is 356 g/mol. The molecule has 1 fully saturated rings. The Hall–Kier alpha value is -2.60. The summed E-state index contributed by atoms with van der Waals surface area (Å²) in [6, 6.07) is 11.5. The lowest BCUT2D eigenvalue weighted by Crippen LogP contribution is -2.49. The smallest absolute Gasteiger partial charge is 0.255 e. The van der Waals surface area contributed by atoms with Crippen molar-refractivity contribution in [1.82, 2.24) is 10.2 Å². The second kappa shape index (κ2) is 7.74. The number of ether oxygens (including phenoxy) is 1. The maximum Gasteiger partial charge on any atom is 0.255 e. The van der Waals surface area contributed by atoms with Crippen molar-refractivity contribution < 1.29 is 18.7 Å². The molecule has 6 nitrogen and oxygen atoms in total. The van der Waals surface area contributed by atoms with Crippen molar-refractivity contribution in [3.63, 3.8) is 0 Å². The molecule has 1 aliphatic heterocycles. The predicted octanol–water partition coefficient (Wildman–Crippen LogP) is 2.61. The minimum atomic E-state index is -0.298. The maximum absolute atomic E-state index is 12.6. The van der Waals surface area contributed by atoms with Gasteiger partial charge in [0.1, 0.15) is 17.6 Å². The molecule has 138 valence electrons. The lowest BCUT2D eigenvalue weighted by Gasteiger charge is -2.37. The number of aryl methyl sites for hydroxylation is 2. The van der Waals surface area contributed by atoms with Crippen LogP contribution in [-0.4, -0.2) is 42.5 Å². The monoisotopic (exact) mass is 356 g/mol. The number of nitrogens with zero attached hydrogens (tertiary/aromatic N) is 1. The van der Waals surface area contributed by atoms with E-state index in [1.165, 1.54) is 0 Å². The molecule has 2 heterocycles. The van der Waals surface area contributed by atoms with Gasteiger partial charge in [0.2, 0.25) is 5.91 Å². The van der Waals surface area contributed by atoms with E-state index in [1.54, 1.807) is 24.8 Å². The van der Waals surface area contributed by atoms with E-state index < -0.39 is 0 Å². The molecule has 1 aliphatic rings. The molecule has 2 atom stereocenters. The number of nitrogens with one attached hydrogen (secondary N) is 1. The van der Waals surface area contributed by atoms with Crippen LogP contribution in [0, 0.1) is 13.8 Å². The van der Waals surface area contributed by atoms with Gasteiger partial charge < -0.3 is 19.4 Å². The van der Waals surface area contributed by atoms with Gasteiger partial charge in [-0.05, 0) is 32.4 Å². The summed E-state index contributed by atoms with van der Waals surface area (Å²) in [6.07, 6.45) is -0.217. The first-order valence-electron chi connectivity index (χ1n) is 8.77. The molecule has 0 radical (unpaired) electrons. The fourth-order valence-electron chi connectivity index (χ4n) is 3.23. The SMILES string of the molecule is Cc1cc(C(=O)NCC(=O)N2C[C@@H](c3ccccc3)O[C@@H](C)C2)c(C)o1. The van der Waals surface area contributed by atoms with E-state index in [0.717, 1.165) is 5.56 Å². The van der Waals surface area contributed by atoms with Crippen molar-refractivity contribution in [3.8, 4) is 0 Å². The zero-order chi connectivity index (χ0) is 18.7. The molecule has 1 saturated heterocycles. The molecule has 6 heteroatoms. The molecular weight excluding hydrogens is 332 g/mol. The van der Waals surface area contributed by atoms with Crippen LogP contribution in [0.2, 0.25) is 0 Å². The Morgan fingerprint density at radius 3 is 2.58 bits per heavy atom. The quantitative estimate of drug-likeness (QED) is 0.914. The number of amides is 2. The van der Waals surface area contributed by atoms with Crippen molar-refractivity contribution in [3.05, 3.63) is 59.0 Å². The van der Waals surface area contributed by atoms with Gasteiger partial charge in [-0.3, -0.25) is 9.59 Å². The van der Waals surface area contributed by atoms with Crippen LogP contribution < -0.4 is 5.32 Å². The predicted molar refractivity (Wildman–Crippen MR) is 96.8 cm³/mol. The van der Waals surface area contributed by atoms with Crippen LogP contribution >= 0.6 is 0 Å². The normalized spacial score (nSPS) is 20.0. The largest absolute Gasteiger partial charge is 0.466 e. The number of hydrogen-bond acceptors (Lipinski definition) is 4. The van der Waals surface area contributed by atoms with E-state index in [4.69, 9.17) is 9.15 Å². The zero-order valence-corrected chi connectivity index (χ0v) is 15.3. The van der Waals surface area contributed by atoms with Gasteiger partial charge >= 0.3 is 0 Å². The maximum atomic E-state index is 12.6. The van der Waals surface area contributed by atoms with Crippen LogP contribution in [0.5, 0.6) is 0 Å². The fourth-order valence-corrected chi connectivity index (χ4v) is 3.23. The third-order valence-corrected chi connectivity index (χ3v) is 4.47. The van der Waals surface area contributed by atoms with Gasteiger partial charge in [0.15, 0.2) is 0 Å². The molecular formula is C20H24N2O4. The first-order valence-corrected chi connectivity index (χ1v) is 8.77. The number of rotatable bonds is 4. The van der Waals surface area contributed by atoms with Crippen LogP contribution in [0.3, 0.4) is 0 Å². The second-order valence-corrected chi connectivity index (χ2v) is 6.65. The van der Waals surface area contributed by atoms with Gasteiger partial charge in [-0.25, -0.2) is 0 Å². The summed E-state index contributed by atoms with van der Waals surface area (Å²) in [6.45, 7) is 6.42. The molecule has 0 saturated carbocycles. The van der Waals surface area contributed by atoms with Crippen molar-refractivity contribution in [2.75, 3.05) is 19.6 Å². The minimum Gasteiger partial charge on any atom is -0.466 e. The third kappa shape index (κ3) is 4.14. The van der Waals surface area contributed by atoms with E-state index in [9.17, 15) is 9.59 Å². The van der Waals surface area contributed by atoms with Crippen molar-refractivity contribution >= 4 is 11.8 Å². The minimum absolute atomic E-state index is 0.0449. The molecule has 1 aromatic heterocycles. The molecule has 0 bridgehead atoms. The van der Waals surface area contributed by atoms with E-state index in [0.29, 0.717) is 30.2 Å². The molecule has 1 N–H and O–H groups in total. The number of carbonyl (C=O) groups is 2. The van der Waals surface area contributed by atoms with E-state index in [2.05, 4.69) is 5.32 Å². The van der Waals surface area contributed by atoms with Gasteiger partial charge in [-0.1, -0.05) is 30.3 Å². The van der Waals surface area contributed by atoms with Gasteiger partial charge in [0, 0.05) is 6.54 Å². The Balaban J connectivity index is 1.60. The number of morpholine rings is 1. The number of benzene rings is 1. The number of furan rings is 1. The average Bonchev–Trinajstić information content (AvgIpc) is 2.98. The highest BCUT2D eigenvalue weighted by Crippen LogP contribution is 2.25. The zero-order valence-electron chi connectivity index (χ0n) is 15.3. The van der Waals surface area contributed by atoms with Crippen LogP contribution in [0.15, 0.2) is 40.8 Å². The number of carbonyl (C=O) groups excluding carboxylic acids is 2. The van der Waals surface area contributed by atoms with Gasteiger partial charge in [0.05, 0.1) is 24.8 Å². The fraction of sp³-hybridized carbons (Fsp3) is 0.400. The highest BCUT2D eigenvalue weighted by Gasteiger charge is 2.29. The molecule has 1 aromatic carbocycles. The van der Waals surface area contributed by atoms with Crippen molar-refractivity contribution in [1.29, 1.82) is 0 Å². The number of hydrogen-bond donors (Lipinski definition) is 1. The van der Waals surface area contributed by atoms with E-state index in [-0.39, 0.29) is 30.6 Å².